The number of anilines is 1. The van der Waals surface area contributed by atoms with Crippen molar-refractivity contribution in [3.05, 3.63) is 54.1 Å². The molecule has 1 unspecified atom stereocenters. The molecule has 2 aromatic rings. The number of nitrogens with one attached hydrogen (secondary N) is 1. The van der Waals surface area contributed by atoms with Crippen LogP contribution in [-0.4, -0.2) is 95.7 Å². The minimum atomic E-state index is -4.55. The maximum Gasteiger partial charge on any atom is 0.305 e. The second-order valence-corrected chi connectivity index (χ2v) is 12.6. The molecule has 2 aromatic carbocycles. The average Bonchev–Trinajstić information content (AvgIpc) is 2.95. The van der Waals surface area contributed by atoms with Crippen LogP contribution in [0.3, 0.4) is 0 Å². The predicted octanol–water partition coefficient (Wildman–Crippen LogP) is 3.57. The fourth-order valence-electron chi connectivity index (χ4n) is 3.44. The molecule has 0 aliphatic carbocycles. The number of unbranched alkanes of at least 4 members (excludes halogenated alkanes) is 2. The Hall–Kier alpha value is -3.19. The summed E-state index contributed by atoms with van der Waals surface area (Å²) in [6.45, 7) is -0.110. The van der Waals surface area contributed by atoms with Crippen molar-refractivity contribution in [1.82, 2.24) is 5.32 Å². The van der Waals surface area contributed by atoms with Gasteiger partial charge in [-0.15, -0.1) is 0 Å². The standard InChI is InChI=1S/C29H44N5O8P/c1-33(2)26-16-14-25(15-17-26)32-31-24-12-10-23(11-13-24)29(37)30-18-8-6-7-9-28(36)40-21-27(35)22-42-43(38,39)41-20-19-34(3,4)5/h10-17,27,35H,6-9,18-22H2,1-5H3,(H-,30,37,38,39)/t27-/m1/s1. The molecule has 0 spiro atoms. The lowest BCUT2D eigenvalue weighted by molar-refractivity contribution is -0.870. The van der Waals surface area contributed by atoms with Crippen molar-refractivity contribution in [3.63, 3.8) is 0 Å². The Morgan fingerprint density at radius 2 is 1.56 bits per heavy atom. The first-order chi connectivity index (χ1) is 20.2. The number of aliphatic hydroxyl groups excluding tert-OH is 1. The number of hydrogen-bond acceptors (Lipinski definition) is 11. The minimum Gasteiger partial charge on any atom is -0.756 e. The third kappa shape index (κ3) is 15.7. The monoisotopic (exact) mass is 621 g/mol. The number of ether oxygens (including phenoxy) is 1. The first-order valence-corrected chi connectivity index (χ1v) is 15.5. The van der Waals surface area contributed by atoms with Crippen molar-refractivity contribution in [1.29, 1.82) is 0 Å². The van der Waals surface area contributed by atoms with Crippen LogP contribution in [0.2, 0.25) is 0 Å². The van der Waals surface area contributed by atoms with E-state index >= 15 is 0 Å². The molecule has 0 fully saturated rings. The van der Waals surface area contributed by atoms with Gasteiger partial charge in [0.15, 0.2) is 0 Å². The lowest BCUT2D eigenvalue weighted by Crippen LogP contribution is -2.37. The number of nitrogens with zero attached hydrogens (tertiary/aromatic N) is 4. The van der Waals surface area contributed by atoms with Crippen molar-refractivity contribution in [3.8, 4) is 0 Å². The summed E-state index contributed by atoms with van der Waals surface area (Å²) in [7, 11) is 5.05. The van der Waals surface area contributed by atoms with Gasteiger partial charge in [-0.1, -0.05) is 6.42 Å². The zero-order chi connectivity index (χ0) is 31.9. The van der Waals surface area contributed by atoms with E-state index in [1.165, 1.54) is 0 Å². The average molecular weight is 622 g/mol. The lowest BCUT2D eigenvalue weighted by atomic mass is 10.1. The molecule has 0 aliphatic rings. The summed E-state index contributed by atoms with van der Waals surface area (Å²) in [6.07, 6.45) is 0.711. The quantitative estimate of drug-likeness (QED) is 0.0785. The highest BCUT2D eigenvalue weighted by Crippen LogP contribution is 2.38. The van der Waals surface area contributed by atoms with E-state index < -0.39 is 33.1 Å². The Bertz CT molecular complexity index is 1220. The van der Waals surface area contributed by atoms with E-state index in [0.717, 1.165) is 11.4 Å². The number of quaternary nitrogens is 1. The number of benzene rings is 2. The van der Waals surface area contributed by atoms with Gasteiger partial charge in [0.25, 0.3) is 13.7 Å². The van der Waals surface area contributed by atoms with E-state index in [1.807, 2.05) is 64.4 Å². The van der Waals surface area contributed by atoms with Crippen LogP contribution in [0.25, 0.3) is 0 Å². The summed E-state index contributed by atoms with van der Waals surface area (Å²) in [6, 6.07) is 14.5. The van der Waals surface area contributed by atoms with Gasteiger partial charge >= 0.3 is 5.97 Å². The van der Waals surface area contributed by atoms with E-state index in [-0.39, 0.29) is 18.9 Å². The molecule has 0 aliphatic heterocycles. The fraction of sp³-hybridized carbons (Fsp3) is 0.517. The maximum absolute atomic E-state index is 12.4. The number of carbonyl (C=O) groups excluding carboxylic acids is 2. The summed E-state index contributed by atoms with van der Waals surface area (Å²) in [5.74, 6) is -0.727. The van der Waals surface area contributed by atoms with Gasteiger partial charge in [-0.3, -0.25) is 14.2 Å². The summed E-state index contributed by atoms with van der Waals surface area (Å²) in [5.41, 5.74) is 2.94. The highest BCUT2D eigenvalue weighted by Gasteiger charge is 2.17. The molecule has 0 saturated carbocycles. The van der Waals surface area contributed by atoms with Crippen LogP contribution >= 0.6 is 7.82 Å². The van der Waals surface area contributed by atoms with Crippen LogP contribution in [0.4, 0.5) is 17.1 Å². The van der Waals surface area contributed by atoms with Gasteiger partial charge in [0, 0.05) is 38.3 Å². The first kappa shape index (κ1) is 36.0. The van der Waals surface area contributed by atoms with E-state index in [4.69, 9.17) is 9.26 Å². The number of phosphoric ester groups is 1. The fourth-order valence-corrected chi connectivity index (χ4v) is 4.17. The number of hydrogen-bond donors (Lipinski definition) is 2. The van der Waals surface area contributed by atoms with Crippen molar-refractivity contribution in [2.24, 2.45) is 10.2 Å². The molecule has 2 N–H and O–H groups in total. The van der Waals surface area contributed by atoms with Crippen LogP contribution in [0, 0.1) is 0 Å². The Morgan fingerprint density at radius 1 is 0.953 bits per heavy atom. The number of carbonyl (C=O) groups is 2. The third-order valence-corrected chi connectivity index (χ3v) is 6.96. The molecule has 13 nitrogen and oxygen atoms in total. The number of amides is 1. The van der Waals surface area contributed by atoms with Crippen molar-refractivity contribution < 1.29 is 42.4 Å². The molecule has 14 heteroatoms. The Kier molecular flexibility index (Phi) is 14.9. The van der Waals surface area contributed by atoms with Crippen LogP contribution < -0.4 is 15.1 Å². The van der Waals surface area contributed by atoms with Gasteiger partial charge in [-0.2, -0.15) is 10.2 Å². The lowest BCUT2D eigenvalue weighted by Gasteiger charge is -2.27. The second-order valence-electron chi connectivity index (χ2n) is 11.2. The molecule has 0 radical (unpaired) electrons. The topological polar surface area (TPSA) is 162 Å². The van der Waals surface area contributed by atoms with Gasteiger partial charge in [0.1, 0.15) is 25.9 Å². The molecule has 43 heavy (non-hydrogen) atoms. The smallest absolute Gasteiger partial charge is 0.305 e. The summed E-state index contributed by atoms with van der Waals surface area (Å²) in [5, 5.41) is 21.1. The zero-order valence-electron chi connectivity index (χ0n) is 25.6. The highest BCUT2D eigenvalue weighted by molar-refractivity contribution is 7.45. The van der Waals surface area contributed by atoms with Gasteiger partial charge in [-0.25, -0.2) is 0 Å². The largest absolute Gasteiger partial charge is 0.756 e. The second kappa shape index (κ2) is 17.8. The van der Waals surface area contributed by atoms with Crippen LogP contribution in [0.5, 0.6) is 0 Å². The van der Waals surface area contributed by atoms with Crippen LogP contribution in [0.15, 0.2) is 58.8 Å². The number of esters is 1. The van der Waals surface area contributed by atoms with Crippen LogP contribution in [0.1, 0.15) is 36.0 Å². The molecular weight excluding hydrogens is 577 g/mol. The number of rotatable bonds is 19. The molecular formula is C29H44N5O8P. The Balaban J connectivity index is 1.56. The zero-order valence-corrected chi connectivity index (χ0v) is 26.5. The summed E-state index contributed by atoms with van der Waals surface area (Å²) < 4.78 is 26.6. The summed E-state index contributed by atoms with van der Waals surface area (Å²) in [4.78, 5) is 38.0. The molecule has 238 valence electrons. The normalized spacial score (nSPS) is 13.8. The highest BCUT2D eigenvalue weighted by atomic mass is 31.2. The number of phosphoric acid groups is 1. The molecule has 1 amide bonds. The number of azo groups is 1. The number of likely N-dealkylation sites (N-methyl/N-ethyl adjacent to an activating group) is 1. The van der Waals surface area contributed by atoms with Gasteiger partial charge in [0.05, 0.1) is 39.1 Å². The van der Waals surface area contributed by atoms with Crippen molar-refractivity contribution >= 4 is 36.8 Å². The van der Waals surface area contributed by atoms with Gasteiger partial charge < -0.3 is 38.5 Å². The molecule has 2 atom stereocenters. The van der Waals surface area contributed by atoms with E-state index in [2.05, 4.69) is 20.1 Å². The molecule has 2 rings (SSSR count). The summed E-state index contributed by atoms with van der Waals surface area (Å²) >= 11 is 0. The Morgan fingerprint density at radius 3 is 2.14 bits per heavy atom. The SMILES string of the molecule is CN(C)c1ccc(N=Nc2ccc(C(=O)NCCCCCC(=O)OC[C@@H](O)COP(=O)([O-])OCC[N+](C)(C)C)cc2)cc1. The predicted molar refractivity (Wildman–Crippen MR) is 162 cm³/mol. The van der Waals surface area contributed by atoms with Crippen LogP contribution in [-0.2, 0) is 23.1 Å². The van der Waals surface area contributed by atoms with E-state index in [1.54, 1.807) is 24.3 Å². The molecule has 0 saturated heterocycles. The minimum absolute atomic E-state index is 0.0479. The van der Waals surface area contributed by atoms with Gasteiger partial charge in [0.2, 0.25) is 0 Å². The maximum atomic E-state index is 12.4. The van der Waals surface area contributed by atoms with E-state index in [9.17, 15) is 24.2 Å². The molecule has 0 aromatic heterocycles. The third-order valence-electron chi connectivity index (χ3n) is 5.99. The molecule has 0 bridgehead atoms. The van der Waals surface area contributed by atoms with E-state index in [0.29, 0.717) is 48.1 Å². The van der Waals surface area contributed by atoms with Crippen molar-refractivity contribution in [2.45, 2.75) is 31.8 Å². The first-order valence-electron chi connectivity index (χ1n) is 14.1. The van der Waals surface area contributed by atoms with Crippen molar-refractivity contribution in [2.75, 3.05) is 73.0 Å². The molecule has 0 heterocycles. The van der Waals surface area contributed by atoms with Gasteiger partial charge in [-0.05, 0) is 61.4 Å². The number of aliphatic hydroxyl groups is 1. The Labute approximate surface area is 253 Å².